The van der Waals surface area contributed by atoms with E-state index >= 15 is 0 Å². The molecule has 0 aromatic heterocycles. The summed E-state index contributed by atoms with van der Waals surface area (Å²) in [4.78, 5) is 0. The summed E-state index contributed by atoms with van der Waals surface area (Å²) in [6.45, 7) is 5.77. The number of rotatable bonds is 2. The van der Waals surface area contributed by atoms with Gasteiger partial charge in [-0.15, -0.1) is 0 Å². The van der Waals surface area contributed by atoms with Gasteiger partial charge in [-0.3, -0.25) is 0 Å². The fraction of sp³-hybridized carbons (Fsp3) is 1.00. The Morgan fingerprint density at radius 1 is 1.11 bits per heavy atom. The molecular weight excluding hydrogens is 110 g/mol. The Morgan fingerprint density at radius 2 is 1.44 bits per heavy atom. The first-order valence-corrected chi connectivity index (χ1v) is 3.22. The summed E-state index contributed by atoms with van der Waals surface area (Å²) in [5.41, 5.74) is 0. The third-order valence-electron chi connectivity index (χ3n) is 0.913. The quantitative estimate of drug-likeness (QED) is 0.504. The van der Waals surface area contributed by atoms with Crippen molar-refractivity contribution in [3.63, 3.8) is 0 Å². The lowest BCUT2D eigenvalue weighted by atomic mass is 10.2. The fourth-order valence-electron chi connectivity index (χ4n) is 1.10. The summed E-state index contributed by atoms with van der Waals surface area (Å²) in [5, 5.41) is 0. The molecule has 0 heterocycles. The van der Waals surface area contributed by atoms with Gasteiger partial charge in [-0.25, -0.2) is 0 Å². The van der Waals surface area contributed by atoms with Crippen LogP contribution in [0.2, 0.25) is 0 Å². The van der Waals surface area contributed by atoms with Crippen LogP contribution in [0.4, 0.5) is 0 Å². The Morgan fingerprint density at radius 3 is 1.44 bits per heavy atom. The van der Waals surface area contributed by atoms with Crippen LogP contribution in [0, 0.1) is 5.92 Å². The van der Waals surface area contributed by atoms with Crippen molar-refractivity contribution in [3.05, 3.63) is 0 Å². The van der Waals surface area contributed by atoms with E-state index in [2.05, 4.69) is 35.0 Å². The third kappa shape index (κ3) is 11.5. The van der Waals surface area contributed by atoms with Gasteiger partial charge in [-0.05, 0) is 0 Å². The largest absolute Gasteiger partial charge is 0.331 e. The molecule has 0 spiro atoms. The van der Waals surface area contributed by atoms with Gasteiger partial charge in [0.2, 0.25) is 0 Å². The van der Waals surface area contributed by atoms with Gasteiger partial charge in [0.15, 0.2) is 0 Å². The molecular formula is C8H22N+. The van der Waals surface area contributed by atoms with E-state index in [1.165, 1.54) is 6.54 Å². The zero-order valence-electron chi connectivity index (χ0n) is 6.73. The predicted molar refractivity (Wildman–Crippen MR) is 44.5 cm³/mol. The van der Waals surface area contributed by atoms with E-state index < -0.39 is 0 Å². The second kappa shape index (κ2) is 3.89. The number of hydrogen-bond acceptors (Lipinski definition) is 0. The lowest BCUT2D eigenvalue weighted by Crippen LogP contribution is -2.37. The van der Waals surface area contributed by atoms with Crippen LogP contribution < -0.4 is 0 Å². The van der Waals surface area contributed by atoms with Gasteiger partial charge >= 0.3 is 0 Å². The maximum Gasteiger partial charge on any atom is 0.0803 e. The molecule has 0 aliphatic heterocycles. The highest BCUT2D eigenvalue weighted by Crippen LogP contribution is 1.98. The van der Waals surface area contributed by atoms with Crippen molar-refractivity contribution in [1.82, 2.24) is 0 Å². The van der Waals surface area contributed by atoms with Crippen LogP contribution in [0.15, 0.2) is 0 Å². The number of quaternary nitrogens is 1. The van der Waals surface area contributed by atoms with Crippen molar-refractivity contribution in [2.45, 2.75) is 21.3 Å². The minimum absolute atomic E-state index is 0. The summed E-state index contributed by atoms with van der Waals surface area (Å²) < 4.78 is 1.08. The maximum atomic E-state index is 2.25. The average Bonchev–Trinajstić information content (AvgIpc) is 1.21. The fourth-order valence-corrected chi connectivity index (χ4v) is 1.10. The van der Waals surface area contributed by atoms with E-state index in [9.17, 15) is 0 Å². The summed E-state index contributed by atoms with van der Waals surface area (Å²) in [6.07, 6.45) is 0. The van der Waals surface area contributed by atoms with Crippen molar-refractivity contribution in [2.75, 3.05) is 27.7 Å². The van der Waals surface area contributed by atoms with Crippen LogP contribution in [-0.2, 0) is 0 Å². The Hall–Kier alpha value is -0.0400. The van der Waals surface area contributed by atoms with Crippen LogP contribution >= 0.6 is 0 Å². The zero-order chi connectivity index (χ0) is 6.78. The zero-order valence-corrected chi connectivity index (χ0v) is 6.73. The van der Waals surface area contributed by atoms with E-state index in [1.54, 1.807) is 0 Å². The van der Waals surface area contributed by atoms with E-state index in [4.69, 9.17) is 0 Å². The van der Waals surface area contributed by atoms with Crippen molar-refractivity contribution in [1.29, 1.82) is 0 Å². The molecule has 0 fully saturated rings. The van der Waals surface area contributed by atoms with Gasteiger partial charge in [0.25, 0.3) is 0 Å². The summed E-state index contributed by atoms with van der Waals surface area (Å²) in [6, 6.07) is 0. The molecule has 0 aromatic carbocycles. The second-order valence-corrected chi connectivity index (χ2v) is 3.87. The first-order valence-electron chi connectivity index (χ1n) is 3.22. The molecule has 0 saturated carbocycles. The molecule has 0 aliphatic carbocycles. The molecule has 9 heavy (non-hydrogen) atoms. The van der Waals surface area contributed by atoms with E-state index in [0.717, 1.165) is 10.4 Å². The number of nitrogens with zero attached hydrogens (tertiary/aromatic N) is 1. The maximum absolute atomic E-state index is 2.25. The lowest BCUT2D eigenvalue weighted by Gasteiger charge is -2.25. The Bertz CT molecular complexity index is 59.5. The molecule has 0 aromatic rings. The third-order valence-corrected chi connectivity index (χ3v) is 0.913. The van der Waals surface area contributed by atoms with Crippen LogP contribution in [0.5, 0.6) is 0 Å². The summed E-state index contributed by atoms with van der Waals surface area (Å²) >= 11 is 0. The van der Waals surface area contributed by atoms with E-state index in [0.29, 0.717) is 0 Å². The van der Waals surface area contributed by atoms with Crippen molar-refractivity contribution < 1.29 is 4.48 Å². The monoisotopic (exact) mass is 132 g/mol. The highest BCUT2D eigenvalue weighted by Gasteiger charge is 2.08. The highest BCUT2D eigenvalue weighted by atomic mass is 15.3. The lowest BCUT2D eigenvalue weighted by molar-refractivity contribution is -0.873. The average molecular weight is 132 g/mol. The Balaban J connectivity index is 0. The highest BCUT2D eigenvalue weighted by molar-refractivity contribution is 4.37. The molecule has 1 heteroatoms. The molecule has 0 aliphatic rings. The van der Waals surface area contributed by atoms with Crippen molar-refractivity contribution in [2.24, 2.45) is 5.92 Å². The smallest absolute Gasteiger partial charge is 0.0803 e. The van der Waals surface area contributed by atoms with E-state index in [1.807, 2.05) is 0 Å². The van der Waals surface area contributed by atoms with Gasteiger partial charge in [0.1, 0.15) is 0 Å². The van der Waals surface area contributed by atoms with Crippen LogP contribution in [0.25, 0.3) is 0 Å². The van der Waals surface area contributed by atoms with Crippen LogP contribution in [0.1, 0.15) is 21.3 Å². The van der Waals surface area contributed by atoms with Gasteiger partial charge < -0.3 is 4.48 Å². The predicted octanol–water partition coefficient (Wildman–Crippen LogP) is 1.98. The molecule has 58 valence electrons. The SMILES string of the molecule is C.CC(C)C[N+](C)(C)C. The number of hydrogen-bond donors (Lipinski definition) is 0. The topological polar surface area (TPSA) is 0 Å². The minimum Gasteiger partial charge on any atom is -0.331 e. The molecule has 0 rings (SSSR count). The molecule has 0 unspecified atom stereocenters. The minimum atomic E-state index is 0. The molecule has 0 saturated heterocycles. The van der Waals surface area contributed by atoms with Gasteiger partial charge in [0, 0.05) is 5.92 Å². The molecule has 0 atom stereocenters. The summed E-state index contributed by atoms with van der Waals surface area (Å²) in [5.74, 6) is 0.815. The molecule has 0 N–H and O–H groups in total. The van der Waals surface area contributed by atoms with Gasteiger partial charge in [-0.2, -0.15) is 0 Å². The normalized spacial score (nSPS) is 11.3. The van der Waals surface area contributed by atoms with Gasteiger partial charge in [0.05, 0.1) is 27.7 Å². The van der Waals surface area contributed by atoms with Crippen molar-refractivity contribution >= 4 is 0 Å². The van der Waals surface area contributed by atoms with Crippen molar-refractivity contribution in [3.8, 4) is 0 Å². The molecule has 1 nitrogen and oxygen atoms in total. The molecule has 0 amide bonds. The van der Waals surface area contributed by atoms with Crippen LogP contribution in [0.3, 0.4) is 0 Å². The second-order valence-electron chi connectivity index (χ2n) is 3.87. The van der Waals surface area contributed by atoms with E-state index in [-0.39, 0.29) is 7.43 Å². The molecule has 0 radical (unpaired) electrons. The first-order chi connectivity index (χ1) is 3.42. The Labute approximate surface area is 60.3 Å². The van der Waals surface area contributed by atoms with Gasteiger partial charge in [-0.1, -0.05) is 21.3 Å². The first kappa shape index (κ1) is 11.7. The van der Waals surface area contributed by atoms with Crippen LogP contribution in [-0.4, -0.2) is 32.2 Å². The summed E-state index contributed by atoms with van der Waals surface area (Å²) in [7, 11) is 6.67. The molecule has 0 bridgehead atoms. The Kier molecular flexibility index (Phi) is 5.06. The standard InChI is InChI=1S/C7H18N.CH4/c1-7(2)6-8(3,4)5;/h7H,6H2,1-5H3;1H4/q+1;.